The number of hydrogen-bond donors (Lipinski definition) is 1. The number of hydrogen-bond acceptors (Lipinski definition) is 5. The molecule has 3 aromatic rings. The Labute approximate surface area is 168 Å². The number of aryl methyl sites for hydroxylation is 2. The maximum absolute atomic E-state index is 5.61. The smallest absolute Gasteiger partial charge is 0.214 e. The van der Waals surface area contributed by atoms with Crippen LogP contribution in [0.4, 0.5) is 5.69 Å². The van der Waals surface area contributed by atoms with E-state index in [4.69, 9.17) is 12.2 Å². The van der Waals surface area contributed by atoms with E-state index in [1.54, 1.807) is 16.1 Å². The molecule has 1 aliphatic heterocycles. The fourth-order valence-electron chi connectivity index (χ4n) is 3.21. The van der Waals surface area contributed by atoms with Gasteiger partial charge in [0.05, 0.1) is 10.9 Å². The van der Waals surface area contributed by atoms with Crippen molar-refractivity contribution in [2.45, 2.75) is 32.7 Å². The molecule has 4 rings (SSSR count). The molecule has 1 aliphatic rings. The molecule has 1 N–H and O–H groups in total. The van der Waals surface area contributed by atoms with Crippen molar-refractivity contribution in [1.29, 1.82) is 0 Å². The summed E-state index contributed by atoms with van der Waals surface area (Å²) in [5, 5.41) is 19.2. The predicted molar refractivity (Wildman–Crippen MR) is 113 cm³/mol. The molecule has 0 aliphatic carbocycles. The summed E-state index contributed by atoms with van der Waals surface area (Å²) in [5.41, 5.74) is 3.60. The lowest BCUT2D eigenvalue weighted by atomic mass is 10.1. The first kappa shape index (κ1) is 18.1. The summed E-state index contributed by atoms with van der Waals surface area (Å²) < 4.78 is 0. The SMILES string of the molecule is Cc1ccc(NC(=S)N2CCC(n3nnc(-c4cccs4)n3)CC2)cc1C. The molecule has 0 spiro atoms. The van der Waals surface area contributed by atoms with Crippen molar-refractivity contribution in [3.05, 3.63) is 46.8 Å². The largest absolute Gasteiger partial charge is 0.349 e. The van der Waals surface area contributed by atoms with Crippen LogP contribution in [0.1, 0.15) is 30.0 Å². The Kier molecular flexibility index (Phi) is 5.18. The van der Waals surface area contributed by atoms with E-state index in [1.807, 2.05) is 17.5 Å². The van der Waals surface area contributed by atoms with Gasteiger partial charge in [-0.05, 0) is 78.8 Å². The Balaban J connectivity index is 1.34. The number of aromatic nitrogens is 4. The van der Waals surface area contributed by atoms with Crippen LogP contribution in [0.15, 0.2) is 35.7 Å². The van der Waals surface area contributed by atoms with Crippen molar-refractivity contribution < 1.29 is 0 Å². The zero-order valence-corrected chi connectivity index (χ0v) is 17.1. The lowest BCUT2D eigenvalue weighted by Gasteiger charge is -2.33. The number of piperidine rings is 1. The van der Waals surface area contributed by atoms with Gasteiger partial charge in [0.15, 0.2) is 5.11 Å². The molecule has 8 heteroatoms. The average molecular weight is 399 g/mol. The van der Waals surface area contributed by atoms with Gasteiger partial charge in [0, 0.05) is 18.8 Å². The van der Waals surface area contributed by atoms with Gasteiger partial charge >= 0.3 is 0 Å². The van der Waals surface area contributed by atoms with Crippen molar-refractivity contribution in [3.63, 3.8) is 0 Å². The Morgan fingerprint density at radius 3 is 2.70 bits per heavy atom. The molecule has 3 heterocycles. The van der Waals surface area contributed by atoms with E-state index < -0.39 is 0 Å². The van der Waals surface area contributed by atoms with Crippen LogP contribution in [0.5, 0.6) is 0 Å². The number of thiocarbonyl (C=S) groups is 1. The third-order valence-electron chi connectivity index (χ3n) is 5.01. The number of nitrogens with one attached hydrogen (secondary N) is 1. The van der Waals surface area contributed by atoms with Gasteiger partial charge in [0.25, 0.3) is 0 Å². The zero-order chi connectivity index (χ0) is 18.8. The monoisotopic (exact) mass is 398 g/mol. The van der Waals surface area contributed by atoms with Gasteiger partial charge < -0.3 is 10.2 Å². The Morgan fingerprint density at radius 2 is 2.00 bits per heavy atom. The predicted octanol–water partition coefficient (Wildman–Crippen LogP) is 4.05. The minimum absolute atomic E-state index is 0.270. The number of tetrazole rings is 1. The molecule has 0 bridgehead atoms. The highest BCUT2D eigenvalue weighted by atomic mass is 32.1. The molecule has 6 nitrogen and oxygen atoms in total. The lowest BCUT2D eigenvalue weighted by molar-refractivity contribution is 0.238. The second-order valence-corrected chi connectivity index (χ2v) is 8.19. The number of nitrogens with zero attached hydrogens (tertiary/aromatic N) is 5. The molecule has 1 saturated heterocycles. The molecular weight excluding hydrogens is 376 g/mol. The summed E-state index contributed by atoms with van der Waals surface area (Å²) in [5.74, 6) is 0.708. The summed E-state index contributed by atoms with van der Waals surface area (Å²) >= 11 is 7.24. The van der Waals surface area contributed by atoms with Crippen LogP contribution in [-0.4, -0.2) is 43.3 Å². The van der Waals surface area contributed by atoms with Crippen molar-refractivity contribution in [2.75, 3.05) is 18.4 Å². The molecule has 140 valence electrons. The molecule has 0 atom stereocenters. The Morgan fingerprint density at radius 1 is 1.19 bits per heavy atom. The molecule has 0 amide bonds. The first-order chi connectivity index (χ1) is 13.1. The molecule has 1 aromatic carbocycles. The summed E-state index contributed by atoms with van der Waals surface area (Å²) in [6.45, 7) is 6.00. The maximum atomic E-state index is 5.61. The van der Waals surface area contributed by atoms with Gasteiger partial charge in [0.2, 0.25) is 5.82 Å². The highest BCUT2D eigenvalue weighted by Crippen LogP contribution is 2.24. The topological polar surface area (TPSA) is 58.9 Å². The summed E-state index contributed by atoms with van der Waals surface area (Å²) in [6, 6.07) is 10.6. The van der Waals surface area contributed by atoms with E-state index in [1.165, 1.54) is 11.1 Å². The van der Waals surface area contributed by atoms with Gasteiger partial charge in [-0.15, -0.1) is 21.5 Å². The minimum atomic E-state index is 0.270. The number of anilines is 1. The normalized spacial score (nSPS) is 15.1. The first-order valence-electron chi connectivity index (χ1n) is 9.07. The van der Waals surface area contributed by atoms with Gasteiger partial charge in [0.1, 0.15) is 0 Å². The molecule has 27 heavy (non-hydrogen) atoms. The van der Waals surface area contributed by atoms with Crippen LogP contribution in [-0.2, 0) is 0 Å². The summed E-state index contributed by atoms with van der Waals surface area (Å²) in [4.78, 5) is 5.04. The number of likely N-dealkylation sites (tertiary alicyclic amines) is 1. The van der Waals surface area contributed by atoms with Crippen molar-refractivity contribution >= 4 is 34.4 Å². The molecule has 0 unspecified atom stereocenters. The van der Waals surface area contributed by atoms with Crippen LogP contribution in [0.2, 0.25) is 0 Å². The lowest BCUT2D eigenvalue weighted by Crippen LogP contribution is -2.41. The Hall–Kier alpha value is -2.32. The summed E-state index contributed by atoms with van der Waals surface area (Å²) in [7, 11) is 0. The second-order valence-electron chi connectivity index (χ2n) is 6.86. The van der Waals surface area contributed by atoms with Crippen LogP contribution in [0, 0.1) is 13.8 Å². The zero-order valence-electron chi connectivity index (χ0n) is 15.4. The number of thiophene rings is 1. The van der Waals surface area contributed by atoms with Crippen molar-refractivity contribution in [1.82, 2.24) is 25.1 Å². The van der Waals surface area contributed by atoms with Gasteiger partial charge in [-0.2, -0.15) is 4.80 Å². The molecule has 1 fully saturated rings. The molecule has 2 aromatic heterocycles. The van der Waals surface area contributed by atoms with Crippen LogP contribution in [0.3, 0.4) is 0 Å². The van der Waals surface area contributed by atoms with E-state index in [-0.39, 0.29) is 6.04 Å². The van der Waals surface area contributed by atoms with E-state index in [0.717, 1.165) is 41.6 Å². The first-order valence-corrected chi connectivity index (χ1v) is 10.4. The standard InChI is InChI=1S/C19H22N6S2/c1-13-5-6-15(12-14(13)2)20-19(26)24-9-7-16(8-10-24)25-22-18(21-23-25)17-4-3-11-27-17/h3-6,11-12,16H,7-10H2,1-2H3,(H,20,26). The van der Waals surface area contributed by atoms with Crippen molar-refractivity contribution in [2.24, 2.45) is 0 Å². The molecule has 0 saturated carbocycles. The van der Waals surface area contributed by atoms with E-state index in [9.17, 15) is 0 Å². The summed E-state index contributed by atoms with van der Waals surface area (Å²) in [6.07, 6.45) is 1.91. The van der Waals surface area contributed by atoms with E-state index >= 15 is 0 Å². The Bertz CT molecular complexity index is 926. The average Bonchev–Trinajstić information content (AvgIpc) is 3.36. The van der Waals surface area contributed by atoms with Gasteiger partial charge in [-0.25, -0.2) is 0 Å². The number of benzene rings is 1. The third kappa shape index (κ3) is 4.01. The fourth-order valence-corrected chi connectivity index (χ4v) is 4.15. The van der Waals surface area contributed by atoms with Crippen LogP contribution in [0.25, 0.3) is 10.7 Å². The van der Waals surface area contributed by atoms with E-state index in [0.29, 0.717) is 5.82 Å². The molecule has 0 radical (unpaired) electrons. The van der Waals surface area contributed by atoms with Gasteiger partial charge in [-0.1, -0.05) is 12.1 Å². The van der Waals surface area contributed by atoms with Gasteiger partial charge in [-0.3, -0.25) is 0 Å². The quantitative estimate of drug-likeness (QED) is 0.672. The highest BCUT2D eigenvalue weighted by Gasteiger charge is 2.24. The third-order valence-corrected chi connectivity index (χ3v) is 6.23. The van der Waals surface area contributed by atoms with Crippen LogP contribution >= 0.6 is 23.6 Å². The highest BCUT2D eigenvalue weighted by molar-refractivity contribution is 7.80. The number of rotatable bonds is 3. The fraction of sp³-hybridized carbons (Fsp3) is 0.368. The molecular formula is C19H22N6S2. The van der Waals surface area contributed by atoms with Crippen LogP contribution < -0.4 is 5.32 Å². The van der Waals surface area contributed by atoms with E-state index in [2.05, 4.69) is 57.7 Å². The van der Waals surface area contributed by atoms with Crippen molar-refractivity contribution in [3.8, 4) is 10.7 Å². The second kappa shape index (κ2) is 7.74. The minimum Gasteiger partial charge on any atom is -0.349 e. The maximum Gasteiger partial charge on any atom is 0.214 e.